The molecule has 0 amide bonds. The van der Waals surface area contributed by atoms with Crippen molar-refractivity contribution in [2.24, 2.45) is 5.73 Å². The molecule has 2 rings (SSSR count). The van der Waals surface area contributed by atoms with Crippen molar-refractivity contribution in [2.45, 2.75) is 44.9 Å². The third-order valence-electron chi connectivity index (χ3n) is 3.74. The Morgan fingerprint density at radius 2 is 2.16 bits per heavy atom. The van der Waals surface area contributed by atoms with Crippen LogP contribution in [0.15, 0.2) is 30.3 Å². The molecule has 0 bridgehead atoms. The van der Waals surface area contributed by atoms with Crippen LogP contribution in [0, 0.1) is 0 Å². The largest absolute Gasteiger partial charge is 0.372 e. The highest BCUT2D eigenvalue weighted by molar-refractivity contribution is 5.14. The molecule has 1 aliphatic rings. The minimum absolute atomic E-state index is 0.242. The van der Waals surface area contributed by atoms with Crippen molar-refractivity contribution >= 4 is 0 Å². The summed E-state index contributed by atoms with van der Waals surface area (Å²) in [5, 5.41) is 0. The van der Waals surface area contributed by atoms with Gasteiger partial charge in [-0.3, -0.25) is 4.90 Å². The predicted octanol–water partition coefficient (Wildman–Crippen LogP) is 2.40. The molecule has 1 aromatic rings. The van der Waals surface area contributed by atoms with Gasteiger partial charge in [-0.1, -0.05) is 43.7 Å². The van der Waals surface area contributed by atoms with E-state index in [2.05, 4.69) is 42.2 Å². The molecule has 1 aliphatic heterocycles. The van der Waals surface area contributed by atoms with Gasteiger partial charge in [0, 0.05) is 26.2 Å². The van der Waals surface area contributed by atoms with E-state index in [-0.39, 0.29) is 6.10 Å². The van der Waals surface area contributed by atoms with Gasteiger partial charge in [-0.15, -0.1) is 0 Å². The van der Waals surface area contributed by atoms with Crippen molar-refractivity contribution in [3.63, 3.8) is 0 Å². The van der Waals surface area contributed by atoms with E-state index in [9.17, 15) is 0 Å². The fraction of sp³-hybridized carbons (Fsp3) is 0.625. The molecule has 2 N–H and O–H groups in total. The molecule has 106 valence electrons. The van der Waals surface area contributed by atoms with E-state index in [1.54, 1.807) is 0 Å². The first-order valence-corrected chi connectivity index (χ1v) is 7.43. The number of rotatable bonds is 7. The lowest BCUT2D eigenvalue weighted by Gasteiger charge is -2.21. The molecule has 2 unspecified atom stereocenters. The van der Waals surface area contributed by atoms with Gasteiger partial charge in [0.15, 0.2) is 0 Å². The zero-order valence-electron chi connectivity index (χ0n) is 11.9. The van der Waals surface area contributed by atoms with Crippen molar-refractivity contribution in [1.29, 1.82) is 0 Å². The van der Waals surface area contributed by atoms with E-state index < -0.39 is 0 Å². The standard InChI is InChI=1S/C16H26N2O/c1-2-6-15(11-17)19-16-9-10-18(13-16)12-14-7-4-3-5-8-14/h3-5,7-8,15-16H,2,6,9-13,17H2,1H3. The van der Waals surface area contributed by atoms with Crippen LogP contribution in [0.5, 0.6) is 0 Å². The maximum absolute atomic E-state index is 6.10. The fourth-order valence-corrected chi connectivity index (χ4v) is 2.73. The Hall–Kier alpha value is -0.900. The van der Waals surface area contributed by atoms with E-state index in [1.165, 1.54) is 5.56 Å². The lowest BCUT2D eigenvalue weighted by atomic mass is 10.2. The minimum Gasteiger partial charge on any atom is -0.372 e. The van der Waals surface area contributed by atoms with Gasteiger partial charge in [-0.25, -0.2) is 0 Å². The van der Waals surface area contributed by atoms with Crippen LogP contribution in [0.1, 0.15) is 31.7 Å². The van der Waals surface area contributed by atoms with Crippen molar-refractivity contribution in [3.8, 4) is 0 Å². The normalized spacial score (nSPS) is 21.7. The lowest BCUT2D eigenvalue weighted by Crippen LogP contribution is -2.31. The van der Waals surface area contributed by atoms with Crippen molar-refractivity contribution < 1.29 is 4.74 Å². The van der Waals surface area contributed by atoms with Crippen LogP contribution < -0.4 is 5.73 Å². The van der Waals surface area contributed by atoms with Gasteiger partial charge in [-0.2, -0.15) is 0 Å². The molecule has 1 saturated heterocycles. The highest BCUT2D eigenvalue weighted by atomic mass is 16.5. The van der Waals surface area contributed by atoms with Gasteiger partial charge < -0.3 is 10.5 Å². The van der Waals surface area contributed by atoms with Gasteiger partial charge in [-0.05, 0) is 18.4 Å². The maximum Gasteiger partial charge on any atom is 0.0718 e. The third kappa shape index (κ3) is 4.60. The molecule has 1 fully saturated rings. The summed E-state index contributed by atoms with van der Waals surface area (Å²) < 4.78 is 6.10. The molecule has 3 nitrogen and oxygen atoms in total. The smallest absolute Gasteiger partial charge is 0.0718 e. The molecule has 1 heterocycles. The number of benzene rings is 1. The van der Waals surface area contributed by atoms with Crippen molar-refractivity contribution in [2.75, 3.05) is 19.6 Å². The molecule has 0 radical (unpaired) electrons. The van der Waals surface area contributed by atoms with Crippen LogP contribution in [-0.2, 0) is 11.3 Å². The Kier molecular flexibility index (Phi) is 5.83. The first kappa shape index (κ1) is 14.5. The van der Waals surface area contributed by atoms with Crippen LogP contribution in [0.4, 0.5) is 0 Å². The molecule has 0 aliphatic carbocycles. The van der Waals surface area contributed by atoms with Crippen LogP contribution in [0.3, 0.4) is 0 Å². The first-order valence-electron chi connectivity index (χ1n) is 7.43. The Labute approximate surface area is 116 Å². The Morgan fingerprint density at radius 3 is 2.84 bits per heavy atom. The molecule has 19 heavy (non-hydrogen) atoms. The topological polar surface area (TPSA) is 38.5 Å². The summed E-state index contributed by atoms with van der Waals surface area (Å²) in [7, 11) is 0. The van der Waals surface area contributed by atoms with Gasteiger partial charge in [0.2, 0.25) is 0 Å². The van der Waals surface area contributed by atoms with E-state index in [1.807, 2.05) is 0 Å². The van der Waals surface area contributed by atoms with E-state index in [4.69, 9.17) is 10.5 Å². The quantitative estimate of drug-likeness (QED) is 0.820. The minimum atomic E-state index is 0.242. The van der Waals surface area contributed by atoms with Gasteiger partial charge in [0.25, 0.3) is 0 Å². The summed E-state index contributed by atoms with van der Waals surface area (Å²) in [6.07, 6.45) is 3.96. The number of likely N-dealkylation sites (tertiary alicyclic amines) is 1. The van der Waals surface area contributed by atoms with Gasteiger partial charge >= 0.3 is 0 Å². The SMILES string of the molecule is CCCC(CN)OC1CCN(Cc2ccccc2)C1. The van der Waals surface area contributed by atoms with Crippen LogP contribution >= 0.6 is 0 Å². The summed E-state index contributed by atoms with van der Waals surface area (Å²) in [6.45, 7) is 6.02. The molecule has 0 spiro atoms. The first-order chi connectivity index (χ1) is 9.31. The second kappa shape index (κ2) is 7.63. The summed E-state index contributed by atoms with van der Waals surface area (Å²) in [5.74, 6) is 0. The molecule has 2 atom stereocenters. The summed E-state index contributed by atoms with van der Waals surface area (Å²) in [5.41, 5.74) is 7.14. The molecule has 0 saturated carbocycles. The third-order valence-corrected chi connectivity index (χ3v) is 3.74. The predicted molar refractivity (Wildman–Crippen MR) is 79.0 cm³/mol. The summed E-state index contributed by atoms with van der Waals surface area (Å²) in [6, 6.07) is 10.6. The number of nitrogens with two attached hydrogens (primary N) is 1. The molecule has 0 aromatic heterocycles. The molecule has 1 aromatic carbocycles. The lowest BCUT2D eigenvalue weighted by molar-refractivity contribution is -0.00597. The average Bonchev–Trinajstić information content (AvgIpc) is 2.86. The molecule has 3 heteroatoms. The highest BCUT2D eigenvalue weighted by Gasteiger charge is 2.25. The van der Waals surface area contributed by atoms with Gasteiger partial charge in [0.1, 0.15) is 0 Å². The monoisotopic (exact) mass is 262 g/mol. The number of hydrogen-bond donors (Lipinski definition) is 1. The zero-order valence-corrected chi connectivity index (χ0v) is 11.9. The van der Waals surface area contributed by atoms with Crippen LogP contribution in [0.2, 0.25) is 0 Å². The van der Waals surface area contributed by atoms with Crippen molar-refractivity contribution in [3.05, 3.63) is 35.9 Å². The molecular weight excluding hydrogens is 236 g/mol. The fourth-order valence-electron chi connectivity index (χ4n) is 2.73. The number of hydrogen-bond acceptors (Lipinski definition) is 3. The second-order valence-electron chi connectivity index (χ2n) is 5.41. The van der Waals surface area contributed by atoms with E-state index in [0.717, 1.165) is 38.9 Å². The second-order valence-corrected chi connectivity index (χ2v) is 5.41. The highest BCUT2D eigenvalue weighted by Crippen LogP contribution is 2.18. The Bertz CT molecular complexity index is 355. The Balaban J connectivity index is 1.76. The summed E-state index contributed by atoms with van der Waals surface area (Å²) >= 11 is 0. The average molecular weight is 262 g/mol. The maximum atomic E-state index is 6.10. The van der Waals surface area contributed by atoms with Crippen molar-refractivity contribution in [1.82, 2.24) is 4.90 Å². The summed E-state index contributed by atoms with van der Waals surface area (Å²) in [4.78, 5) is 2.47. The zero-order chi connectivity index (χ0) is 13.5. The van der Waals surface area contributed by atoms with E-state index >= 15 is 0 Å². The number of nitrogens with zero attached hydrogens (tertiary/aromatic N) is 1. The van der Waals surface area contributed by atoms with Crippen LogP contribution in [0.25, 0.3) is 0 Å². The Morgan fingerprint density at radius 1 is 1.37 bits per heavy atom. The van der Waals surface area contributed by atoms with Crippen LogP contribution in [-0.4, -0.2) is 36.7 Å². The van der Waals surface area contributed by atoms with E-state index in [0.29, 0.717) is 12.6 Å². The van der Waals surface area contributed by atoms with Gasteiger partial charge in [0.05, 0.1) is 12.2 Å². The number of ether oxygens (including phenoxy) is 1. The molecular formula is C16H26N2O.